The maximum atomic E-state index is 14.2. The molecule has 4 amide bonds. The number of nitrogens with zero attached hydrogens (tertiary/aromatic N) is 2. The molecule has 4 aliphatic rings. The molecule has 6 atom stereocenters. The summed E-state index contributed by atoms with van der Waals surface area (Å²) in [5.41, 5.74) is 1.49. The van der Waals surface area contributed by atoms with E-state index in [2.05, 4.69) is 14.4 Å². The topological polar surface area (TPSA) is 213 Å². The molecule has 2 fully saturated rings. The molecular weight excluding hydrogens is 1010 g/mol. The van der Waals surface area contributed by atoms with E-state index in [0.717, 1.165) is 11.1 Å². The monoisotopic (exact) mass is 1070 g/mol. The van der Waals surface area contributed by atoms with Crippen molar-refractivity contribution >= 4 is 91.5 Å². The Morgan fingerprint density at radius 3 is 2.47 bits per heavy atom. The number of aliphatic hydroxyl groups is 1. The Bertz CT molecular complexity index is 1870. The van der Waals surface area contributed by atoms with Crippen molar-refractivity contribution in [3.05, 3.63) is 46.5 Å². The quantitative estimate of drug-likeness (QED) is 0.0365. The molecule has 4 N–H and O–H groups in total. The number of hydrogen-bond donors (Lipinski definition) is 4. The average molecular weight is 1070 g/mol. The summed E-state index contributed by atoms with van der Waals surface area (Å²) in [6, 6.07) is 3.56. The number of halogens is 2. The van der Waals surface area contributed by atoms with Crippen LogP contribution in [-0.2, 0) is 54.0 Å². The number of anilines is 1. The molecule has 4 heterocycles. The van der Waals surface area contributed by atoms with E-state index in [1.54, 1.807) is 63.3 Å². The molecule has 1 unspecified atom stereocenters. The van der Waals surface area contributed by atoms with Crippen LogP contribution in [0.2, 0.25) is 5.02 Å². The average Bonchev–Trinajstić information content (AvgIpc) is 3.22. The summed E-state index contributed by atoms with van der Waals surface area (Å²) in [6.07, 6.45) is 2.11. The predicted molar refractivity (Wildman–Crippen MR) is 252 cm³/mol. The lowest BCUT2D eigenvalue weighted by molar-refractivity contribution is -0.280. The SMILES string of the molecule is COCC(CCC(=O)N(C)CC(=O)O[C@H]1CC(=O)N(C)c2cc(cc(OC)c2Cl)C/C(C)=C/C=C/[C@@H](OC)[C@@]2(O)C[C@H](OC(=O)N2)C2C[C@@]1(C)O2)(COC)SSCCCC(=O)NNI. The Hall–Kier alpha value is -2.87. The highest BCUT2D eigenvalue weighted by Crippen LogP contribution is 2.44. The lowest BCUT2D eigenvalue weighted by Gasteiger charge is -2.53. The fourth-order valence-corrected chi connectivity index (χ4v) is 11.4. The number of allylic oxidation sites excluding steroid dienone is 3. The standard InChI is InChI=1S/C42H61ClIN5O13S2/c1-26-11-9-12-32(59-8)42(55)22-30(60-39(54)45-42)31-21-40(2,62-31)33(20-36(52)49(4)28-18-27(17-26)19-29(58-7)38(28)43)61-37(53)23-48(3)35(51)14-15-41(24-56-5,25-57-6)64-63-16-10-13-34(50)46-47-44/h9,11-12,18-19,30-33,47,55H,10,13-17,20-25H2,1-8H3,(H,45,54)(H,46,50)/b12-9+,26-11+/t30-,31?,32+,33-,40+,42-/m0/s1. The van der Waals surface area contributed by atoms with Crippen LogP contribution in [0.3, 0.4) is 0 Å². The van der Waals surface area contributed by atoms with Gasteiger partial charge in [-0.15, -0.1) is 0 Å². The zero-order chi connectivity index (χ0) is 47.2. The normalized spacial score (nSPS) is 26.4. The van der Waals surface area contributed by atoms with E-state index in [0.29, 0.717) is 56.1 Å². The highest BCUT2D eigenvalue weighted by atomic mass is 127. The molecule has 1 aromatic carbocycles. The number of fused-ring (bicyclic) bond motifs is 6. The largest absolute Gasteiger partial charge is 0.495 e. The third-order valence-electron chi connectivity index (χ3n) is 11.2. The van der Waals surface area contributed by atoms with Crippen LogP contribution < -0.4 is 24.0 Å². The van der Waals surface area contributed by atoms with Gasteiger partial charge in [0.25, 0.3) is 0 Å². The Morgan fingerprint density at radius 2 is 1.83 bits per heavy atom. The van der Waals surface area contributed by atoms with Gasteiger partial charge in [-0.05, 0) is 50.8 Å². The van der Waals surface area contributed by atoms with Crippen molar-refractivity contribution in [2.75, 3.05) is 72.9 Å². The molecule has 0 aliphatic carbocycles. The molecule has 6 bridgehead atoms. The smallest absolute Gasteiger partial charge is 0.409 e. The number of benzene rings is 1. The summed E-state index contributed by atoms with van der Waals surface area (Å²) in [5, 5.41) is 14.4. The number of carbonyl (C=O) groups excluding carboxylic acids is 5. The number of rotatable bonds is 19. The molecule has 0 radical (unpaired) electrons. The molecule has 64 heavy (non-hydrogen) atoms. The Morgan fingerprint density at radius 1 is 1.12 bits per heavy atom. The zero-order valence-corrected chi connectivity index (χ0v) is 42.0. The number of nitrogens with one attached hydrogen (secondary N) is 3. The summed E-state index contributed by atoms with van der Waals surface area (Å²) in [7, 11) is 12.2. The summed E-state index contributed by atoms with van der Waals surface area (Å²) < 4.78 is 42.3. The Balaban J connectivity index is 1.55. The highest BCUT2D eigenvalue weighted by molar-refractivity contribution is 14.1. The minimum atomic E-state index is -1.86. The second kappa shape index (κ2) is 24.8. The van der Waals surface area contributed by atoms with Gasteiger partial charge >= 0.3 is 12.1 Å². The van der Waals surface area contributed by atoms with Gasteiger partial charge in [0.05, 0.1) is 43.3 Å². The molecule has 0 saturated carbocycles. The molecule has 22 heteroatoms. The van der Waals surface area contributed by atoms with Crippen LogP contribution in [0.5, 0.6) is 5.75 Å². The van der Waals surface area contributed by atoms with Gasteiger partial charge in [-0.3, -0.25) is 29.9 Å². The van der Waals surface area contributed by atoms with E-state index in [4.69, 9.17) is 44.8 Å². The first-order valence-corrected chi connectivity index (χ1v) is 24.4. The molecule has 0 spiro atoms. The van der Waals surface area contributed by atoms with Crippen molar-refractivity contribution in [3.63, 3.8) is 0 Å². The molecule has 18 nitrogen and oxygen atoms in total. The first kappa shape index (κ1) is 53.7. The molecule has 1 aromatic rings. The summed E-state index contributed by atoms with van der Waals surface area (Å²) in [6.45, 7) is 3.75. The number of methoxy groups -OCH3 is 4. The van der Waals surface area contributed by atoms with E-state index >= 15 is 0 Å². The van der Waals surface area contributed by atoms with Gasteiger partial charge in [-0.2, -0.15) is 3.64 Å². The first-order chi connectivity index (χ1) is 30.3. The van der Waals surface area contributed by atoms with Crippen molar-refractivity contribution in [3.8, 4) is 5.75 Å². The van der Waals surface area contributed by atoms with Crippen LogP contribution in [0.15, 0.2) is 35.9 Å². The van der Waals surface area contributed by atoms with Crippen molar-refractivity contribution in [2.45, 2.75) is 106 Å². The van der Waals surface area contributed by atoms with Crippen molar-refractivity contribution in [1.29, 1.82) is 0 Å². The van der Waals surface area contributed by atoms with Crippen LogP contribution in [0.1, 0.15) is 64.4 Å². The molecule has 2 saturated heterocycles. The molecule has 358 valence electrons. The number of amides is 4. The number of likely N-dealkylation sites (N-methyl/N-ethyl adjacent to an activating group) is 1. The third kappa shape index (κ3) is 14.6. The van der Waals surface area contributed by atoms with Gasteiger partial charge in [0.2, 0.25) is 17.7 Å². The van der Waals surface area contributed by atoms with Crippen molar-refractivity contribution in [2.24, 2.45) is 0 Å². The van der Waals surface area contributed by atoms with E-state index < -0.39 is 65.0 Å². The second-order valence-electron chi connectivity index (χ2n) is 16.3. The first-order valence-electron chi connectivity index (χ1n) is 20.6. The number of ether oxygens (including phenoxy) is 7. The van der Waals surface area contributed by atoms with E-state index in [1.807, 2.05) is 35.9 Å². The number of hydrazine groups is 1. The van der Waals surface area contributed by atoms with E-state index in [9.17, 15) is 29.1 Å². The van der Waals surface area contributed by atoms with Crippen LogP contribution >= 0.6 is 56.1 Å². The summed E-state index contributed by atoms with van der Waals surface area (Å²) in [4.78, 5) is 68.8. The fourth-order valence-electron chi connectivity index (χ4n) is 7.75. The number of hydrogen-bond acceptors (Lipinski definition) is 16. The van der Waals surface area contributed by atoms with E-state index in [1.165, 1.54) is 41.9 Å². The van der Waals surface area contributed by atoms with Crippen molar-refractivity contribution in [1.82, 2.24) is 19.3 Å². The lowest BCUT2D eigenvalue weighted by Crippen LogP contribution is -2.68. The van der Waals surface area contributed by atoms with Crippen LogP contribution in [-0.4, -0.2) is 148 Å². The molecule has 0 aromatic heterocycles. The van der Waals surface area contributed by atoms with E-state index in [-0.39, 0.29) is 42.5 Å². The third-order valence-corrected chi connectivity index (χ3v) is 15.1. The number of alkyl carbamates (subject to hydrolysis) is 1. The van der Waals surface area contributed by atoms with Crippen LogP contribution in [0, 0.1) is 0 Å². The van der Waals surface area contributed by atoms with Gasteiger partial charge in [0.1, 0.15) is 41.2 Å². The molecular formula is C42H61ClIN5O13S2. The number of esters is 1. The highest BCUT2D eigenvalue weighted by Gasteiger charge is 2.57. The van der Waals surface area contributed by atoms with Gasteiger partial charge in [0, 0.05) is 89.7 Å². The molecule has 4 aliphatic heterocycles. The van der Waals surface area contributed by atoms with Gasteiger partial charge in [-0.1, -0.05) is 57.0 Å². The summed E-state index contributed by atoms with van der Waals surface area (Å²) >= 11 is 8.62. The Kier molecular flexibility index (Phi) is 20.8. The maximum Gasteiger partial charge on any atom is 0.409 e. The number of carbonyl (C=O) groups is 5. The van der Waals surface area contributed by atoms with Gasteiger partial charge in [0.15, 0.2) is 5.72 Å². The lowest BCUT2D eigenvalue weighted by atomic mass is 9.79. The summed E-state index contributed by atoms with van der Waals surface area (Å²) in [5.74, 6) is -0.656. The van der Waals surface area contributed by atoms with Crippen molar-refractivity contribution < 1.29 is 62.2 Å². The Labute approximate surface area is 401 Å². The second-order valence-corrected chi connectivity index (χ2v) is 20.1. The minimum Gasteiger partial charge on any atom is -0.495 e. The molecule has 5 rings (SSSR count). The van der Waals surface area contributed by atoms with Crippen LogP contribution in [0.25, 0.3) is 0 Å². The maximum absolute atomic E-state index is 14.2. The fraction of sp³-hybridized carbons (Fsp3) is 0.643. The zero-order valence-electron chi connectivity index (χ0n) is 37.5. The van der Waals surface area contributed by atoms with Gasteiger partial charge < -0.3 is 48.1 Å². The minimum absolute atomic E-state index is 0.0582. The van der Waals surface area contributed by atoms with Gasteiger partial charge in [-0.25, -0.2) is 4.79 Å². The van der Waals surface area contributed by atoms with Crippen LogP contribution in [0.4, 0.5) is 10.5 Å². The predicted octanol–water partition coefficient (Wildman–Crippen LogP) is 4.82.